The van der Waals surface area contributed by atoms with E-state index < -0.39 is 5.97 Å². The van der Waals surface area contributed by atoms with Gasteiger partial charge in [-0.15, -0.1) is 10.2 Å². The molecule has 0 unspecified atom stereocenters. The lowest BCUT2D eigenvalue weighted by Gasteiger charge is -2.09. The number of benzene rings is 2. The molecule has 3 aromatic heterocycles. The summed E-state index contributed by atoms with van der Waals surface area (Å²) in [5, 5.41) is 18.5. The van der Waals surface area contributed by atoms with Gasteiger partial charge in [0, 0.05) is 0 Å². The lowest BCUT2D eigenvalue weighted by Crippen LogP contribution is -2.06. The summed E-state index contributed by atoms with van der Waals surface area (Å²) in [4.78, 5) is 12.1. The van der Waals surface area contributed by atoms with E-state index >= 15 is 0 Å². The average molecular weight is 473 g/mol. The first kappa shape index (κ1) is 22.3. The molecule has 0 aliphatic carbocycles. The van der Waals surface area contributed by atoms with Gasteiger partial charge in [-0.05, 0) is 43.7 Å². The zero-order valence-corrected chi connectivity index (χ0v) is 20.1. The highest BCUT2D eigenvalue weighted by Crippen LogP contribution is 2.36. The van der Waals surface area contributed by atoms with Gasteiger partial charge < -0.3 is 14.2 Å². The number of ether oxygens (including phenoxy) is 3. The predicted octanol–water partition coefficient (Wildman–Crippen LogP) is 3.48. The maximum Gasteiger partial charge on any atom is 0.311 e. The van der Waals surface area contributed by atoms with Crippen LogP contribution >= 0.6 is 0 Å². The lowest BCUT2D eigenvalue weighted by atomic mass is 10.1. The molecule has 0 aliphatic rings. The molecule has 3 heterocycles. The summed E-state index contributed by atoms with van der Waals surface area (Å²) in [5.41, 5.74) is 6.46. The molecule has 0 radical (unpaired) electrons. The van der Waals surface area contributed by atoms with E-state index in [9.17, 15) is 4.79 Å². The van der Waals surface area contributed by atoms with Gasteiger partial charge in [-0.3, -0.25) is 4.79 Å². The van der Waals surface area contributed by atoms with Crippen LogP contribution in [0.2, 0.25) is 0 Å². The van der Waals surface area contributed by atoms with Gasteiger partial charge in [0.2, 0.25) is 0 Å². The van der Waals surface area contributed by atoms with Gasteiger partial charge in [0.05, 0.1) is 44.7 Å². The van der Waals surface area contributed by atoms with E-state index in [2.05, 4.69) is 10.2 Å². The van der Waals surface area contributed by atoms with Gasteiger partial charge in [-0.25, -0.2) is 4.68 Å². The molecule has 0 fully saturated rings. The number of rotatable bonds is 6. The number of hydrogen-bond donors (Lipinski definition) is 0. The zero-order valence-electron chi connectivity index (χ0n) is 20.1. The van der Waals surface area contributed by atoms with E-state index in [-0.39, 0.29) is 6.42 Å². The van der Waals surface area contributed by atoms with Crippen molar-refractivity contribution in [3.05, 3.63) is 59.4 Å². The van der Waals surface area contributed by atoms with E-state index in [4.69, 9.17) is 24.4 Å². The minimum absolute atomic E-state index is 0.0329. The molecule has 0 N–H and O–H groups in total. The van der Waals surface area contributed by atoms with E-state index in [0.717, 1.165) is 28.1 Å². The van der Waals surface area contributed by atoms with Crippen molar-refractivity contribution in [3.8, 4) is 28.3 Å². The molecule has 0 amide bonds. The van der Waals surface area contributed by atoms with Gasteiger partial charge in [-0.1, -0.05) is 23.8 Å². The standard InChI is InChI=1S/C25H24N6O4/c1-14-6-9-17(10-7-14)30-25-23(18(29-30)13-21(32)35-5)26-27-24-22(15(2)28-31(24)25)16-8-11-19(33-3)20(12-16)34-4/h6-12H,13H2,1-5H3. The zero-order chi connectivity index (χ0) is 24.7. The summed E-state index contributed by atoms with van der Waals surface area (Å²) in [5.74, 6) is 0.816. The minimum atomic E-state index is -0.412. The van der Waals surface area contributed by atoms with Gasteiger partial charge in [-0.2, -0.15) is 14.7 Å². The first-order valence-corrected chi connectivity index (χ1v) is 10.9. The Morgan fingerprint density at radius 1 is 0.914 bits per heavy atom. The fourth-order valence-corrected chi connectivity index (χ4v) is 4.11. The minimum Gasteiger partial charge on any atom is -0.493 e. The van der Waals surface area contributed by atoms with Crippen molar-refractivity contribution in [1.82, 2.24) is 29.6 Å². The normalized spacial score (nSPS) is 11.2. The second kappa shape index (κ2) is 8.71. The molecule has 0 saturated carbocycles. The first-order chi connectivity index (χ1) is 16.9. The predicted molar refractivity (Wildman–Crippen MR) is 129 cm³/mol. The summed E-state index contributed by atoms with van der Waals surface area (Å²) in [6.45, 7) is 3.93. The van der Waals surface area contributed by atoms with E-state index in [1.165, 1.54) is 7.11 Å². The van der Waals surface area contributed by atoms with Crippen molar-refractivity contribution in [3.63, 3.8) is 0 Å². The molecule has 0 spiro atoms. The number of carbonyl (C=O) groups is 1. The Kier molecular flexibility index (Phi) is 5.56. The van der Waals surface area contributed by atoms with Crippen molar-refractivity contribution in [2.45, 2.75) is 20.3 Å². The van der Waals surface area contributed by atoms with Crippen LogP contribution in [0.25, 0.3) is 33.6 Å². The Labute approximate surface area is 201 Å². The van der Waals surface area contributed by atoms with Crippen LogP contribution in [0.4, 0.5) is 0 Å². The second-order valence-corrected chi connectivity index (χ2v) is 8.08. The molecule has 178 valence electrons. The fraction of sp³-hybridized carbons (Fsp3) is 0.240. The van der Waals surface area contributed by atoms with Crippen molar-refractivity contribution in [1.29, 1.82) is 0 Å². The monoisotopic (exact) mass is 472 g/mol. The summed E-state index contributed by atoms with van der Waals surface area (Å²) in [6, 6.07) is 13.6. The van der Waals surface area contributed by atoms with Gasteiger partial charge >= 0.3 is 5.97 Å². The molecule has 2 aromatic carbocycles. The molecule has 35 heavy (non-hydrogen) atoms. The summed E-state index contributed by atoms with van der Waals surface area (Å²) in [6.07, 6.45) is -0.0329. The average Bonchev–Trinajstić information content (AvgIpc) is 3.40. The molecular weight excluding hydrogens is 448 g/mol. The van der Waals surface area contributed by atoms with Crippen LogP contribution in [0.3, 0.4) is 0 Å². The highest BCUT2D eigenvalue weighted by Gasteiger charge is 2.24. The number of fused-ring (bicyclic) bond motifs is 3. The Hall–Kier alpha value is -4.47. The van der Waals surface area contributed by atoms with E-state index in [1.54, 1.807) is 23.4 Å². The number of methoxy groups -OCH3 is 3. The molecule has 5 rings (SSSR count). The third kappa shape index (κ3) is 3.72. The fourth-order valence-electron chi connectivity index (χ4n) is 4.11. The van der Waals surface area contributed by atoms with Crippen molar-refractivity contribution < 1.29 is 19.0 Å². The third-order valence-electron chi connectivity index (χ3n) is 5.88. The van der Waals surface area contributed by atoms with E-state index in [1.807, 2.05) is 56.3 Å². The van der Waals surface area contributed by atoms with Crippen molar-refractivity contribution >= 4 is 22.8 Å². The summed E-state index contributed by atoms with van der Waals surface area (Å²) in [7, 11) is 4.53. The maximum atomic E-state index is 12.1. The third-order valence-corrected chi connectivity index (χ3v) is 5.88. The van der Waals surface area contributed by atoms with Gasteiger partial charge in [0.1, 0.15) is 5.69 Å². The number of nitrogens with zero attached hydrogens (tertiary/aromatic N) is 6. The number of esters is 1. The van der Waals surface area contributed by atoms with Crippen LogP contribution in [-0.2, 0) is 16.0 Å². The molecule has 10 nitrogen and oxygen atoms in total. The SMILES string of the molecule is COC(=O)Cc1nn(-c2ccc(C)cc2)c2c1nnc1c(-c3ccc(OC)c(OC)c3)c(C)nn12. The van der Waals surface area contributed by atoms with Gasteiger partial charge in [0.15, 0.2) is 28.3 Å². The van der Waals surface area contributed by atoms with Crippen LogP contribution in [0, 0.1) is 13.8 Å². The van der Waals surface area contributed by atoms with Crippen LogP contribution in [0.5, 0.6) is 11.5 Å². The smallest absolute Gasteiger partial charge is 0.311 e. The Morgan fingerprint density at radius 3 is 2.34 bits per heavy atom. The quantitative estimate of drug-likeness (QED) is 0.346. The number of aryl methyl sites for hydroxylation is 2. The van der Waals surface area contributed by atoms with Crippen molar-refractivity contribution in [2.75, 3.05) is 21.3 Å². The number of aromatic nitrogens is 6. The van der Waals surface area contributed by atoms with Crippen LogP contribution in [-0.4, -0.2) is 56.9 Å². The Morgan fingerprint density at radius 2 is 1.66 bits per heavy atom. The summed E-state index contributed by atoms with van der Waals surface area (Å²) >= 11 is 0. The lowest BCUT2D eigenvalue weighted by molar-refractivity contribution is -0.139. The number of hydrogen-bond acceptors (Lipinski definition) is 8. The van der Waals surface area contributed by atoms with Crippen molar-refractivity contribution in [2.24, 2.45) is 0 Å². The molecule has 0 saturated heterocycles. The molecule has 0 aliphatic heterocycles. The molecule has 0 atom stereocenters. The first-order valence-electron chi connectivity index (χ1n) is 10.9. The maximum absolute atomic E-state index is 12.1. The van der Waals surface area contributed by atoms with Crippen LogP contribution in [0.1, 0.15) is 17.0 Å². The second-order valence-electron chi connectivity index (χ2n) is 8.08. The highest BCUT2D eigenvalue weighted by atomic mass is 16.5. The van der Waals surface area contributed by atoms with Crippen LogP contribution < -0.4 is 9.47 Å². The molecular formula is C25H24N6O4. The van der Waals surface area contributed by atoms with Crippen LogP contribution in [0.15, 0.2) is 42.5 Å². The highest BCUT2D eigenvalue weighted by molar-refractivity contribution is 5.87. The Balaban J connectivity index is 1.79. The van der Waals surface area contributed by atoms with Gasteiger partial charge in [0.25, 0.3) is 0 Å². The topological polar surface area (TPSA) is 106 Å². The molecule has 10 heteroatoms. The number of carbonyl (C=O) groups excluding carboxylic acids is 1. The summed E-state index contributed by atoms with van der Waals surface area (Å²) < 4.78 is 19.2. The Bertz CT molecular complexity index is 1570. The molecule has 5 aromatic rings. The largest absolute Gasteiger partial charge is 0.493 e. The molecule has 0 bridgehead atoms. The van der Waals surface area contributed by atoms with E-state index in [0.29, 0.717) is 34.0 Å².